The Bertz CT molecular complexity index is 485. The van der Waals surface area contributed by atoms with Gasteiger partial charge in [0, 0.05) is 12.7 Å². The van der Waals surface area contributed by atoms with E-state index in [0.29, 0.717) is 0 Å². The van der Waals surface area contributed by atoms with Crippen molar-refractivity contribution < 1.29 is 0 Å². The third-order valence-electron chi connectivity index (χ3n) is 3.18. The van der Waals surface area contributed by atoms with E-state index in [4.69, 9.17) is 0 Å². The van der Waals surface area contributed by atoms with Crippen LogP contribution in [0.5, 0.6) is 0 Å². The Hall–Kier alpha value is -1.61. The zero-order valence-corrected chi connectivity index (χ0v) is 11.4. The highest BCUT2D eigenvalue weighted by atomic mass is 15.3. The van der Waals surface area contributed by atoms with E-state index in [1.165, 1.54) is 16.8 Å². The molecule has 0 aliphatic heterocycles. The lowest BCUT2D eigenvalue weighted by atomic mass is 10.0. The average molecular weight is 243 g/mol. The molecule has 0 bridgehead atoms. The molecule has 1 atom stereocenters. The predicted octanol–water partition coefficient (Wildman–Crippen LogP) is 2.91. The first-order valence-corrected chi connectivity index (χ1v) is 6.51. The van der Waals surface area contributed by atoms with Crippen LogP contribution in [-0.4, -0.2) is 16.8 Å². The normalized spacial score (nSPS) is 12.6. The number of hydrogen-bond donors (Lipinski definition) is 1. The minimum atomic E-state index is 0.208. The van der Waals surface area contributed by atoms with Crippen LogP contribution in [0.1, 0.15) is 36.2 Å². The summed E-state index contributed by atoms with van der Waals surface area (Å²) in [6.45, 7) is 5.25. The number of aryl methyl sites for hydroxylation is 2. The Labute approximate surface area is 109 Å². The fourth-order valence-corrected chi connectivity index (χ4v) is 2.23. The van der Waals surface area contributed by atoms with E-state index in [1.54, 1.807) is 0 Å². The molecule has 2 rings (SSSR count). The van der Waals surface area contributed by atoms with Crippen LogP contribution in [-0.2, 0) is 6.54 Å². The highest BCUT2D eigenvalue weighted by molar-refractivity contribution is 5.30. The molecule has 3 heteroatoms. The molecule has 18 heavy (non-hydrogen) atoms. The van der Waals surface area contributed by atoms with Crippen LogP contribution in [0, 0.1) is 6.92 Å². The molecule has 2 aromatic rings. The maximum atomic E-state index is 4.39. The summed E-state index contributed by atoms with van der Waals surface area (Å²) < 4.78 is 2.08. The molecule has 0 fully saturated rings. The monoisotopic (exact) mass is 243 g/mol. The smallest absolute Gasteiger partial charge is 0.0745 e. The van der Waals surface area contributed by atoms with Crippen molar-refractivity contribution in [3.63, 3.8) is 0 Å². The Morgan fingerprint density at radius 2 is 1.94 bits per heavy atom. The first kappa shape index (κ1) is 12.8. The van der Waals surface area contributed by atoms with Crippen LogP contribution in [0.25, 0.3) is 0 Å². The molecule has 0 radical (unpaired) electrons. The van der Waals surface area contributed by atoms with E-state index < -0.39 is 0 Å². The van der Waals surface area contributed by atoms with Crippen LogP contribution >= 0.6 is 0 Å². The number of nitrogens with one attached hydrogen (secondary N) is 1. The van der Waals surface area contributed by atoms with Crippen molar-refractivity contribution in [2.45, 2.75) is 32.9 Å². The van der Waals surface area contributed by atoms with Gasteiger partial charge >= 0.3 is 0 Å². The van der Waals surface area contributed by atoms with Crippen molar-refractivity contribution in [1.82, 2.24) is 15.1 Å². The molecular weight excluding hydrogens is 222 g/mol. The molecule has 1 N–H and O–H groups in total. The van der Waals surface area contributed by atoms with E-state index in [0.717, 1.165) is 13.0 Å². The lowest BCUT2D eigenvalue weighted by molar-refractivity contribution is 0.534. The summed E-state index contributed by atoms with van der Waals surface area (Å²) in [5.74, 6) is 0. The second-order valence-electron chi connectivity index (χ2n) is 4.61. The molecule has 1 unspecified atom stereocenters. The van der Waals surface area contributed by atoms with Crippen molar-refractivity contribution in [2.75, 3.05) is 7.05 Å². The van der Waals surface area contributed by atoms with Gasteiger partial charge in [-0.15, -0.1) is 0 Å². The molecule has 0 aliphatic carbocycles. The standard InChI is InChI=1S/C15H21N3/c1-4-11-18-14(9-10-17-18)15(16-3)13-7-5-12(2)6-8-13/h5-10,15-16H,4,11H2,1-3H3. The van der Waals surface area contributed by atoms with Crippen LogP contribution in [0.2, 0.25) is 0 Å². The molecule has 1 aromatic carbocycles. The Morgan fingerprint density at radius 3 is 2.56 bits per heavy atom. The van der Waals surface area contributed by atoms with Crippen LogP contribution in [0.3, 0.4) is 0 Å². The number of aromatic nitrogens is 2. The SMILES string of the molecule is CCCn1nccc1C(NC)c1ccc(C)cc1. The zero-order valence-electron chi connectivity index (χ0n) is 11.4. The van der Waals surface area contributed by atoms with Gasteiger partial charge in [-0.1, -0.05) is 36.8 Å². The first-order valence-electron chi connectivity index (χ1n) is 6.51. The first-order chi connectivity index (χ1) is 8.76. The summed E-state index contributed by atoms with van der Waals surface area (Å²) in [6, 6.07) is 11.0. The zero-order chi connectivity index (χ0) is 13.0. The van der Waals surface area contributed by atoms with Crippen LogP contribution in [0.4, 0.5) is 0 Å². The van der Waals surface area contributed by atoms with E-state index in [2.05, 4.69) is 59.3 Å². The molecule has 0 spiro atoms. The minimum absolute atomic E-state index is 0.208. The quantitative estimate of drug-likeness (QED) is 0.875. The summed E-state index contributed by atoms with van der Waals surface area (Å²) in [7, 11) is 1.99. The highest BCUT2D eigenvalue weighted by Gasteiger charge is 2.15. The second kappa shape index (κ2) is 5.83. The molecule has 1 aromatic heterocycles. The van der Waals surface area contributed by atoms with Crippen molar-refractivity contribution in [3.8, 4) is 0 Å². The van der Waals surface area contributed by atoms with Crippen LogP contribution in [0.15, 0.2) is 36.5 Å². The van der Waals surface area contributed by atoms with Gasteiger partial charge in [-0.2, -0.15) is 5.10 Å². The third-order valence-corrected chi connectivity index (χ3v) is 3.18. The molecule has 0 amide bonds. The van der Waals surface area contributed by atoms with Crippen molar-refractivity contribution in [1.29, 1.82) is 0 Å². The van der Waals surface area contributed by atoms with E-state index >= 15 is 0 Å². The van der Waals surface area contributed by atoms with E-state index in [-0.39, 0.29) is 6.04 Å². The fourth-order valence-electron chi connectivity index (χ4n) is 2.23. The lowest BCUT2D eigenvalue weighted by Gasteiger charge is -2.18. The summed E-state index contributed by atoms with van der Waals surface area (Å²) in [5, 5.41) is 7.77. The maximum absolute atomic E-state index is 4.39. The van der Waals surface area contributed by atoms with Gasteiger partial charge < -0.3 is 5.32 Å². The molecular formula is C15H21N3. The van der Waals surface area contributed by atoms with Gasteiger partial charge in [-0.3, -0.25) is 4.68 Å². The molecule has 3 nitrogen and oxygen atoms in total. The van der Waals surface area contributed by atoms with Gasteiger partial charge in [-0.25, -0.2) is 0 Å². The molecule has 96 valence electrons. The largest absolute Gasteiger partial charge is 0.308 e. The molecule has 0 saturated heterocycles. The van der Waals surface area contributed by atoms with Gasteiger partial charge in [0.25, 0.3) is 0 Å². The van der Waals surface area contributed by atoms with Crippen molar-refractivity contribution in [2.24, 2.45) is 0 Å². The topological polar surface area (TPSA) is 29.9 Å². The second-order valence-corrected chi connectivity index (χ2v) is 4.61. The van der Waals surface area contributed by atoms with Gasteiger partial charge in [-0.05, 0) is 32.0 Å². The lowest BCUT2D eigenvalue weighted by Crippen LogP contribution is -2.21. The highest BCUT2D eigenvalue weighted by Crippen LogP contribution is 2.22. The fraction of sp³-hybridized carbons (Fsp3) is 0.400. The van der Waals surface area contributed by atoms with Crippen LogP contribution < -0.4 is 5.32 Å². The summed E-state index contributed by atoms with van der Waals surface area (Å²) >= 11 is 0. The number of hydrogen-bond acceptors (Lipinski definition) is 2. The third kappa shape index (κ3) is 2.62. The predicted molar refractivity (Wildman–Crippen MR) is 74.6 cm³/mol. The maximum Gasteiger partial charge on any atom is 0.0745 e. The van der Waals surface area contributed by atoms with Gasteiger partial charge in [0.1, 0.15) is 0 Å². The Kier molecular flexibility index (Phi) is 4.15. The summed E-state index contributed by atoms with van der Waals surface area (Å²) in [4.78, 5) is 0. The van der Waals surface area contributed by atoms with E-state index in [1.807, 2.05) is 13.2 Å². The van der Waals surface area contributed by atoms with Crippen molar-refractivity contribution >= 4 is 0 Å². The summed E-state index contributed by atoms with van der Waals surface area (Å²) in [5.41, 5.74) is 3.79. The number of rotatable bonds is 5. The average Bonchev–Trinajstić information content (AvgIpc) is 2.82. The Balaban J connectivity index is 2.32. The molecule has 1 heterocycles. The molecule has 0 aliphatic rings. The van der Waals surface area contributed by atoms with Crippen molar-refractivity contribution in [3.05, 3.63) is 53.3 Å². The van der Waals surface area contributed by atoms with Gasteiger partial charge in [0.05, 0.1) is 11.7 Å². The Morgan fingerprint density at radius 1 is 1.22 bits per heavy atom. The van der Waals surface area contributed by atoms with E-state index in [9.17, 15) is 0 Å². The van der Waals surface area contributed by atoms with Gasteiger partial charge in [0.15, 0.2) is 0 Å². The number of nitrogens with zero attached hydrogens (tertiary/aromatic N) is 2. The van der Waals surface area contributed by atoms with Gasteiger partial charge in [0.2, 0.25) is 0 Å². The number of benzene rings is 1. The molecule has 0 saturated carbocycles. The minimum Gasteiger partial charge on any atom is -0.308 e. The summed E-state index contributed by atoms with van der Waals surface area (Å²) in [6.07, 6.45) is 2.97.